The predicted octanol–water partition coefficient (Wildman–Crippen LogP) is 0.323. The number of aliphatic hydroxyl groups is 1. The summed E-state index contributed by atoms with van der Waals surface area (Å²) in [6.07, 6.45) is 3.69. The molecule has 6 nitrogen and oxygen atoms in total. The summed E-state index contributed by atoms with van der Waals surface area (Å²) in [6, 6.07) is -0.0388. The molecule has 120 valence electrons. The van der Waals surface area contributed by atoms with E-state index < -0.39 is 6.10 Å². The SMILES string of the molecule is COC(=O)C1CC(O)CN1C1CCOC2(CCOCC2)C1. The quantitative estimate of drug-likeness (QED) is 0.741. The lowest BCUT2D eigenvalue weighted by atomic mass is 9.83. The molecule has 3 aliphatic rings. The Bertz CT molecular complexity index is 377. The molecule has 3 aliphatic heterocycles. The van der Waals surface area contributed by atoms with Gasteiger partial charge in [0, 0.05) is 38.8 Å². The standard InChI is InChI=1S/C15H25NO5/c1-19-14(18)13-8-12(17)10-16(13)11-2-5-21-15(9-11)3-6-20-7-4-15/h11-13,17H,2-10H2,1H3. The van der Waals surface area contributed by atoms with Crippen LogP contribution in [-0.2, 0) is 19.0 Å². The van der Waals surface area contributed by atoms with Crippen molar-refractivity contribution in [2.24, 2.45) is 0 Å². The zero-order valence-corrected chi connectivity index (χ0v) is 12.6. The van der Waals surface area contributed by atoms with Crippen LogP contribution >= 0.6 is 0 Å². The van der Waals surface area contributed by atoms with E-state index in [0.29, 0.717) is 19.6 Å². The molecule has 3 atom stereocenters. The largest absolute Gasteiger partial charge is 0.468 e. The van der Waals surface area contributed by atoms with E-state index in [0.717, 1.165) is 38.9 Å². The molecule has 3 rings (SSSR count). The monoisotopic (exact) mass is 299 g/mol. The van der Waals surface area contributed by atoms with Gasteiger partial charge in [0.1, 0.15) is 6.04 Å². The molecule has 1 N–H and O–H groups in total. The first-order valence-corrected chi connectivity index (χ1v) is 7.87. The van der Waals surface area contributed by atoms with E-state index in [4.69, 9.17) is 14.2 Å². The molecule has 3 heterocycles. The van der Waals surface area contributed by atoms with Gasteiger partial charge >= 0.3 is 5.97 Å². The van der Waals surface area contributed by atoms with Crippen LogP contribution in [0.25, 0.3) is 0 Å². The molecule has 0 aromatic carbocycles. The van der Waals surface area contributed by atoms with Gasteiger partial charge in [-0.25, -0.2) is 0 Å². The molecule has 0 amide bonds. The Labute approximate surface area is 125 Å². The van der Waals surface area contributed by atoms with E-state index >= 15 is 0 Å². The molecule has 0 radical (unpaired) electrons. The van der Waals surface area contributed by atoms with Crippen molar-refractivity contribution in [3.05, 3.63) is 0 Å². The van der Waals surface area contributed by atoms with Gasteiger partial charge in [-0.15, -0.1) is 0 Å². The number of rotatable bonds is 2. The number of carbonyl (C=O) groups excluding carboxylic acids is 1. The van der Waals surface area contributed by atoms with E-state index in [9.17, 15) is 9.90 Å². The van der Waals surface area contributed by atoms with Crippen LogP contribution in [0.15, 0.2) is 0 Å². The lowest BCUT2D eigenvalue weighted by Gasteiger charge is -2.46. The summed E-state index contributed by atoms with van der Waals surface area (Å²) >= 11 is 0. The van der Waals surface area contributed by atoms with Gasteiger partial charge in [0.25, 0.3) is 0 Å². The van der Waals surface area contributed by atoms with Crippen LogP contribution in [0.4, 0.5) is 0 Å². The van der Waals surface area contributed by atoms with E-state index in [1.807, 2.05) is 0 Å². The van der Waals surface area contributed by atoms with Crippen molar-refractivity contribution in [2.75, 3.05) is 33.5 Å². The lowest BCUT2D eigenvalue weighted by molar-refractivity contribution is -0.161. The fourth-order valence-corrected chi connectivity index (χ4v) is 3.99. The van der Waals surface area contributed by atoms with Crippen molar-refractivity contribution in [3.8, 4) is 0 Å². The van der Waals surface area contributed by atoms with Gasteiger partial charge in [-0.2, -0.15) is 0 Å². The molecular formula is C15H25NO5. The topological polar surface area (TPSA) is 68.2 Å². The summed E-state index contributed by atoms with van der Waals surface area (Å²) < 4.78 is 16.4. The van der Waals surface area contributed by atoms with E-state index in [1.165, 1.54) is 7.11 Å². The second kappa shape index (κ2) is 6.20. The van der Waals surface area contributed by atoms with Crippen molar-refractivity contribution < 1.29 is 24.1 Å². The predicted molar refractivity (Wildman–Crippen MR) is 74.9 cm³/mol. The minimum atomic E-state index is -0.442. The highest BCUT2D eigenvalue weighted by Gasteiger charge is 2.46. The number of nitrogens with zero attached hydrogens (tertiary/aromatic N) is 1. The van der Waals surface area contributed by atoms with Crippen molar-refractivity contribution >= 4 is 5.97 Å². The third kappa shape index (κ3) is 3.08. The number of β-amino-alcohol motifs (C(OH)–C–C–N with tert-alkyl or cyclic N) is 1. The minimum Gasteiger partial charge on any atom is -0.468 e. The third-order valence-electron chi connectivity index (χ3n) is 5.13. The number of hydrogen-bond donors (Lipinski definition) is 1. The molecule has 6 heteroatoms. The van der Waals surface area contributed by atoms with Gasteiger partial charge in [-0.1, -0.05) is 0 Å². The van der Waals surface area contributed by atoms with Crippen molar-refractivity contribution in [2.45, 2.75) is 55.9 Å². The normalized spacial score (nSPS) is 36.8. The van der Waals surface area contributed by atoms with Gasteiger partial charge < -0.3 is 19.3 Å². The maximum Gasteiger partial charge on any atom is 0.323 e. The number of ether oxygens (including phenoxy) is 3. The molecule has 0 bridgehead atoms. The van der Waals surface area contributed by atoms with Crippen LogP contribution in [0.5, 0.6) is 0 Å². The Morgan fingerprint density at radius 1 is 1.33 bits per heavy atom. The van der Waals surface area contributed by atoms with E-state index in [2.05, 4.69) is 4.90 Å². The highest BCUT2D eigenvalue weighted by atomic mass is 16.5. The maximum absolute atomic E-state index is 12.0. The van der Waals surface area contributed by atoms with Gasteiger partial charge in [0.15, 0.2) is 0 Å². The number of likely N-dealkylation sites (tertiary alicyclic amines) is 1. The third-order valence-corrected chi connectivity index (χ3v) is 5.13. The Kier molecular flexibility index (Phi) is 4.49. The minimum absolute atomic E-state index is 0.102. The number of methoxy groups -OCH3 is 1. The van der Waals surface area contributed by atoms with Crippen LogP contribution < -0.4 is 0 Å². The zero-order valence-electron chi connectivity index (χ0n) is 12.6. The van der Waals surface area contributed by atoms with Crippen molar-refractivity contribution in [1.29, 1.82) is 0 Å². The molecule has 21 heavy (non-hydrogen) atoms. The second-order valence-electron chi connectivity index (χ2n) is 6.42. The molecule has 3 saturated heterocycles. The maximum atomic E-state index is 12.0. The summed E-state index contributed by atoms with van der Waals surface area (Å²) in [4.78, 5) is 14.1. The van der Waals surface area contributed by atoms with Crippen LogP contribution in [-0.4, -0.2) is 73.2 Å². The second-order valence-corrected chi connectivity index (χ2v) is 6.42. The molecule has 0 aromatic heterocycles. The highest BCUT2D eigenvalue weighted by Crippen LogP contribution is 2.38. The smallest absolute Gasteiger partial charge is 0.323 e. The Morgan fingerprint density at radius 3 is 2.81 bits per heavy atom. The summed E-state index contributed by atoms with van der Waals surface area (Å²) in [5.74, 6) is -0.237. The first kappa shape index (κ1) is 15.2. The highest BCUT2D eigenvalue weighted by molar-refractivity contribution is 5.76. The average molecular weight is 299 g/mol. The van der Waals surface area contributed by atoms with Crippen LogP contribution in [0.3, 0.4) is 0 Å². The van der Waals surface area contributed by atoms with Crippen LogP contribution in [0.2, 0.25) is 0 Å². The molecule has 3 fully saturated rings. The molecule has 0 aliphatic carbocycles. The molecule has 1 spiro atoms. The zero-order chi connectivity index (χ0) is 14.9. The summed E-state index contributed by atoms with van der Waals surface area (Å²) in [6.45, 7) is 2.76. The van der Waals surface area contributed by atoms with E-state index in [-0.39, 0.29) is 23.7 Å². The first-order valence-electron chi connectivity index (χ1n) is 7.87. The molecule has 0 aromatic rings. The van der Waals surface area contributed by atoms with Gasteiger partial charge in [-0.3, -0.25) is 9.69 Å². The summed E-state index contributed by atoms with van der Waals surface area (Å²) in [5.41, 5.74) is -0.102. The average Bonchev–Trinajstić information content (AvgIpc) is 2.89. The Morgan fingerprint density at radius 2 is 2.10 bits per heavy atom. The van der Waals surface area contributed by atoms with Crippen LogP contribution in [0.1, 0.15) is 32.1 Å². The Hall–Kier alpha value is -0.690. The van der Waals surface area contributed by atoms with Gasteiger partial charge in [-0.05, 0) is 25.7 Å². The fourth-order valence-electron chi connectivity index (χ4n) is 3.99. The van der Waals surface area contributed by atoms with Crippen molar-refractivity contribution in [3.63, 3.8) is 0 Å². The van der Waals surface area contributed by atoms with Crippen molar-refractivity contribution in [1.82, 2.24) is 4.90 Å². The molecule has 0 saturated carbocycles. The first-order chi connectivity index (χ1) is 10.1. The van der Waals surface area contributed by atoms with Gasteiger partial charge in [0.2, 0.25) is 0 Å². The summed E-state index contributed by atoms with van der Waals surface area (Å²) in [7, 11) is 1.41. The lowest BCUT2D eigenvalue weighted by Crippen LogP contribution is -2.53. The van der Waals surface area contributed by atoms with Crippen LogP contribution in [0, 0.1) is 0 Å². The van der Waals surface area contributed by atoms with E-state index in [1.54, 1.807) is 0 Å². The number of aliphatic hydroxyl groups excluding tert-OH is 1. The van der Waals surface area contributed by atoms with Gasteiger partial charge in [0.05, 0.1) is 18.8 Å². The number of hydrogen-bond acceptors (Lipinski definition) is 6. The number of carbonyl (C=O) groups is 1. The Balaban J connectivity index is 1.71. The molecule has 3 unspecified atom stereocenters. The summed E-state index contributed by atoms with van der Waals surface area (Å²) in [5, 5.41) is 9.95. The molecular weight excluding hydrogens is 274 g/mol. The number of esters is 1. The fraction of sp³-hybridized carbons (Fsp3) is 0.933.